The molecule has 2 aromatic rings. The molecule has 1 fully saturated rings. The number of nitrogens with zero attached hydrogens (tertiary/aromatic N) is 3. The number of aliphatic hydroxyl groups is 1. The summed E-state index contributed by atoms with van der Waals surface area (Å²) in [5, 5.41) is 9.56. The van der Waals surface area contributed by atoms with E-state index < -0.39 is 0 Å². The van der Waals surface area contributed by atoms with Gasteiger partial charge in [0.15, 0.2) is 0 Å². The van der Waals surface area contributed by atoms with Crippen LogP contribution in [-0.2, 0) is 0 Å². The van der Waals surface area contributed by atoms with Crippen LogP contribution in [0.4, 0.5) is 5.82 Å². The van der Waals surface area contributed by atoms with E-state index in [9.17, 15) is 9.90 Å². The maximum Gasteiger partial charge on any atom is 0.256 e. The second kappa shape index (κ2) is 5.91. The zero-order valence-corrected chi connectivity index (χ0v) is 12.6. The summed E-state index contributed by atoms with van der Waals surface area (Å²) in [7, 11) is 0. The minimum Gasteiger partial charge on any atom is -0.391 e. The van der Waals surface area contributed by atoms with Crippen molar-refractivity contribution in [2.24, 2.45) is 0 Å². The fourth-order valence-electron chi connectivity index (χ4n) is 2.46. The zero-order chi connectivity index (χ0) is 14.8. The Kier molecular flexibility index (Phi) is 3.98. The third-order valence-electron chi connectivity index (χ3n) is 3.62. The summed E-state index contributed by atoms with van der Waals surface area (Å²) in [5.74, 6) is 0.837. The van der Waals surface area contributed by atoms with Crippen molar-refractivity contribution in [3.05, 3.63) is 47.0 Å². The lowest BCUT2D eigenvalue weighted by atomic mass is 10.3. The van der Waals surface area contributed by atoms with Crippen molar-refractivity contribution in [1.29, 1.82) is 0 Å². The average molecular weight is 303 g/mol. The van der Waals surface area contributed by atoms with Crippen LogP contribution in [0.15, 0.2) is 46.3 Å². The van der Waals surface area contributed by atoms with Crippen molar-refractivity contribution in [2.75, 3.05) is 24.2 Å². The Hall–Kier alpha value is -1.79. The molecule has 1 saturated heterocycles. The topological polar surface area (TPSA) is 58.4 Å². The Morgan fingerprint density at radius 1 is 1.38 bits per heavy atom. The van der Waals surface area contributed by atoms with Gasteiger partial charge in [0.1, 0.15) is 5.82 Å². The Bertz CT molecular complexity index is 684. The van der Waals surface area contributed by atoms with Gasteiger partial charge in [0, 0.05) is 30.2 Å². The Morgan fingerprint density at radius 2 is 2.24 bits per heavy atom. The molecule has 0 spiro atoms. The van der Waals surface area contributed by atoms with Crippen LogP contribution in [0.25, 0.3) is 5.69 Å². The third-order valence-corrected chi connectivity index (χ3v) is 4.35. The lowest BCUT2D eigenvalue weighted by molar-refractivity contribution is 0.198. The summed E-state index contributed by atoms with van der Waals surface area (Å²) in [6.45, 7) is 1.44. The van der Waals surface area contributed by atoms with Gasteiger partial charge in [-0.25, -0.2) is 4.98 Å². The van der Waals surface area contributed by atoms with Gasteiger partial charge in [0.2, 0.25) is 0 Å². The highest BCUT2D eigenvalue weighted by atomic mass is 32.2. The molecule has 1 aliphatic heterocycles. The summed E-state index contributed by atoms with van der Waals surface area (Å²) < 4.78 is 1.58. The summed E-state index contributed by atoms with van der Waals surface area (Å²) in [6, 6.07) is 7.31. The second-order valence-corrected chi connectivity index (χ2v) is 5.92. The number of thioether (sulfide) groups is 1. The van der Waals surface area contributed by atoms with E-state index in [0.29, 0.717) is 6.54 Å². The molecule has 2 aromatic heterocycles. The molecule has 1 N–H and O–H groups in total. The predicted molar refractivity (Wildman–Crippen MR) is 84.5 cm³/mol. The van der Waals surface area contributed by atoms with Crippen LogP contribution in [-0.4, -0.2) is 40.1 Å². The van der Waals surface area contributed by atoms with E-state index >= 15 is 0 Å². The maximum absolute atomic E-state index is 12.1. The molecule has 110 valence electrons. The molecule has 3 rings (SSSR count). The molecule has 3 heterocycles. The molecular weight excluding hydrogens is 286 g/mol. The number of hydrogen-bond acceptors (Lipinski definition) is 5. The first kappa shape index (κ1) is 14.2. The molecule has 0 amide bonds. The smallest absolute Gasteiger partial charge is 0.256 e. The molecule has 0 aromatic carbocycles. The van der Waals surface area contributed by atoms with Crippen molar-refractivity contribution < 1.29 is 5.11 Å². The van der Waals surface area contributed by atoms with Crippen LogP contribution in [0.1, 0.15) is 6.42 Å². The van der Waals surface area contributed by atoms with Crippen LogP contribution in [0.2, 0.25) is 0 Å². The predicted octanol–water partition coefficient (Wildman–Crippen LogP) is 1.53. The Balaban J connectivity index is 1.85. The van der Waals surface area contributed by atoms with E-state index in [1.54, 1.807) is 34.8 Å². The number of pyridine rings is 2. The quantitative estimate of drug-likeness (QED) is 0.871. The van der Waals surface area contributed by atoms with Crippen molar-refractivity contribution in [2.45, 2.75) is 17.4 Å². The van der Waals surface area contributed by atoms with Gasteiger partial charge in [-0.2, -0.15) is 0 Å². The molecular formula is C15H17N3O2S. The number of anilines is 1. The van der Waals surface area contributed by atoms with Gasteiger partial charge in [-0.3, -0.25) is 9.36 Å². The van der Waals surface area contributed by atoms with Crippen molar-refractivity contribution in [3.63, 3.8) is 0 Å². The number of β-amino-alcohol motifs (C(OH)–C–C–N with tert-alkyl or cyclic N) is 1. The van der Waals surface area contributed by atoms with Gasteiger partial charge in [-0.15, -0.1) is 11.8 Å². The normalized spacial score (nSPS) is 18.2. The van der Waals surface area contributed by atoms with E-state index in [-0.39, 0.29) is 11.7 Å². The minimum atomic E-state index is -0.270. The molecule has 5 nitrogen and oxygen atoms in total. The van der Waals surface area contributed by atoms with E-state index in [1.807, 2.05) is 29.4 Å². The molecule has 21 heavy (non-hydrogen) atoms. The monoisotopic (exact) mass is 303 g/mol. The Labute approximate surface area is 127 Å². The van der Waals surface area contributed by atoms with Gasteiger partial charge >= 0.3 is 0 Å². The fourth-order valence-corrected chi connectivity index (χ4v) is 2.87. The first-order valence-corrected chi connectivity index (χ1v) is 8.06. The van der Waals surface area contributed by atoms with Crippen molar-refractivity contribution in [3.8, 4) is 5.69 Å². The van der Waals surface area contributed by atoms with Crippen LogP contribution < -0.4 is 10.5 Å². The highest BCUT2D eigenvalue weighted by Gasteiger charge is 2.21. The number of aromatic nitrogens is 2. The van der Waals surface area contributed by atoms with E-state index in [2.05, 4.69) is 4.98 Å². The number of hydrogen-bond donors (Lipinski definition) is 1. The van der Waals surface area contributed by atoms with E-state index in [4.69, 9.17) is 0 Å². The maximum atomic E-state index is 12.1. The summed E-state index contributed by atoms with van der Waals surface area (Å²) in [5.41, 5.74) is 0.684. The van der Waals surface area contributed by atoms with Crippen molar-refractivity contribution >= 4 is 17.6 Å². The number of rotatable bonds is 3. The van der Waals surface area contributed by atoms with Crippen molar-refractivity contribution in [1.82, 2.24) is 9.55 Å². The first-order chi connectivity index (χ1) is 10.2. The third kappa shape index (κ3) is 2.96. The minimum absolute atomic E-state index is 0.0620. The van der Waals surface area contributed by atoms with Gasteiger partial charge in [-0.05, 0) is 30.9 Å². The van der Waals surface area contributed by atoms with Crippen LogP contribution in [0.3, 0.4) is 0 Å². The standard InChI is InChI=1S/C15H17N3O2S/c1-21-13-5-7-18(15(20)8-13)11-2-3-14(16-9-11)17-6-4-12(19)10-17/h2-3,5,7-9,12,19H,4,6,10H2,1H3/t12-/m1/s1. The largest absolute Gasteiger partial charge is 0.391 e. The molecule has 0 aliphatic carbocycles. The zero-order valence-electron chi connectivity index (χ0n) is 11.8. The van der Waals surface area contributed by atoms with Crippen LogP contribution in [0, 0.1) is 0 Å². The highest BCUT2D eigenvalue weighted by molar-refractivity contribution is 7.98. The Morgan fingerprint density at radius 3 is 2.81 bits per heavy atom. The van der Waals surface area contributed by atoms with E-state index in [1.165, 1.54) is 0 Å². The van der Waals surface area contributed by atoms with Gasteiger partial charge in [-0.1, -0.05) is 0 Å². The molecule has 0 unspecified atom stereocenters. The number of aliphatic hydroxyl groups excluding tert-OH is 1. The molecule has 1 atom stereocenters. The lowest BCUT2D eigenvalue weighted by Gasteiger charge is -2.16. The average Bonchev–Trinajstić information content (AvgIpc) is 2.94. The fraction of sp³-hybridized carbons (Fsp3) is 0.333. The SMILES string of the molecule is CSc1ccn(-c2ccc(N3CC[C@@H](O)C3)nc2)c(=O)c1. The van der Waals surface area contributed by atoms with Gasteiger partial charge in [0.25, 0.3) is 5.56 Å². The lowest BCUT2D eigenvalue weighted by Crippen LogP contribution is -2.22. The molecule has 0 radical (unpaired) electrons. The second-order valence-electron chi connectivity index (χ2n) is 5.04. The van der Waals surface area contributed by atoms with Crippen LogP contribution in [0.5, 0.6) is 0 Å². The highest BCUT2D eigenvalue weighted by Crippen LogP contribution is 2.19. The van der Waals surface area contributed by atoms with E-state index in [0.717, 1.165) is 29.4 Å². The summed E-state index contributed by atoms with van der Waals surface area (Å²) in [4.78, 5) is 19.5. The first-order valence-electron chi connectivity index (χ1n) is 6.83. The summed E-state index contributed by atoms with van der Waals surface area (Å²) in [6.07, 6.45) is 5.91. The molecule has 6 heteroatoms. The molecule has 0 bridgehead atoms. The van der Waals surface area contributed by atoms with Gasteiger partial charge < -0.3 is 10.0 Å². The van der Waals surface area contributed by atoms with Gasteiger partial charge in [0.05, 0.1) is 18.0 Å². The molecule has 1 aliphatic rings. The van der Waals surface area contributed by atoms with Crippen LogP contribution >= 0.6 is 11.8 Å². The summed E-state index contributed by atoms with van der Waals surface area (Å²) >= 11 is 1.55. The molecule has 0 saturated carbocycles.